The van der Waals surface area contributed by atoms with E-state index in [1.165, 1.54) is 6.07 Å². The van der Waals surface area contributed by atoms with Crippen LogP contribution in [0.15, 0.2) is 23.3 Å². The zero-order valence-corrected chi connectivity index (χ0v) is 10.3. The van der Waals surface area contributed by atoms with Crippen molar-refractivity contribution in [3.8, 4) is 0 Å². The van der Waals surface area contributed by atoms with E-state index in [4.69, 9.17) is 5.73 Å². The average molecular weight is 260 g/mol. The summed E-state index contributed by atoms with van der Waals surface area (Å²) in [6.07, 6.45) is -3.38. The number of halogens is 3. The van der Waals surface area contributed by atoms with Crippen LogP contribution in [0.1, 0.15) is 26.5 Å². The van der Waals surface area contributed by atoms with E-state index in [9.17, 15) is 13.2 Å². The predicted octanol–water partition coefficient (Wildman–Crippen LogP) is 2.63. The van der Waals surface area contributed by atoms with Gasteiger partial charge >= 0.3 is 6.18 Å². The molecule has 0 bridgehead atoms. The maximum Gasteiger partial charge on any atom is 0.433 e. The molecule has 7 heteroatoms. The van der Waals surface area contributed by atoms with Crippen LogP contribution in [-0.2, 0) is 6.18 Å². The highest BCUT2D eigenvalue weighted by Crippen LogP contribution is 2.27. The van der Waals surface area contributed by atoms with Gasteiger partial charge in [0.1, 0.15) is 5.69 Å². The first-order chi connectivity index (χ1) is 8.08. The molecule has 0 aliphatic carbocycles. The summed E-state index contributed by atoms with van der Waals surface area (Å²) < 4.78 is 36.8. The van der Waals surface area contributed by atoms with Crippen molar-refractivity contribution < 1.29 is 13.2 Å². The van der Waals surface area contributed by atoms with E-state index < -0.39 is 11.9 Å². The Bertz CT molecular complexity index is 429. The highest BCUT2D eigenvalue weighted by molar-refractivity contribution is 5.92. The van der Waals surface area contributed by atoms with Gasteiger partial charge in [0, 0.05) is 0 Å². The number of anilines is 1. The van der Waals surface area contributed by atoms with Crippen LogP contribution >= 0.6 is 0 Å². The fraction of sp³-hybridized carbons (Fsp3) is 0.455. The summed E-state index contributed by atoms with van der Waals surface area (Å²) in [5.74, 6) is 0.129. The third kappa shape index (κ3) is 4.60. The highest BCUT2D eigenvalue weighted by atomic mass is 19.4. The minimum Gasteiger partial charge on any atom is -0.370 e. The minimum atomic E-state index is -4.44. The fourth-order valence-corrected chi connectivity index (χ4v) is 1.17. The van der Waals surface area contributed by atoms with Crippen molar-refractivity contribution in [2.75, 3.05) is 5.32 Å². The number of pyridine rings is 1. The monoisotopic (exact) mass is 260 g/mol. The smallest absolute Gasteiger partial charge is 0.370 e. The number of nitrogens with two attached hydrogens (primary N) is 1. The first-order valence-electron chi connectivity index (χ1n) is 5.23. The Morgan fingerprint density at radius 2 is 1.89 bits per heavy atom. The molecule has 4 nitrogen and oxygen atoms in total. The van der Waals surface area contributed by atoms with E-state index in [0.29, 0.717) is 5.69 Å². The maximum absolute atomic E-state index is 12.3. The van der Waals surface area contributed by atoms with Crippen LogP contribution in [0.5, 0.6) is 0 Å². The minimum absolute atomic E-state index is 0.129. The van der Waals surface area contributed by atoms with Crippen LogP contribution in [0, 0.1) is 0 Å². The maximum atomic E-state index is 12.3. The number of nitrogens with one attached hydrogen (secondary N) is 1. The third-order valence-corrected chi connectivity index (χ3v) is 1.78. The van der Waals surface area contributed by atoms with Crippen LogP contribution in [-0.4, -0.2) is 16.5 Å². The number of aliphatic imine (C=N–C) groups is 1. The Morgan fingerprint density at radius 1 is 1.28 bits per heavy atom. The molecule has 0 saturated carbocycles. The summed E-state index contributed by atoms with van der Waals surface area (Å²) >= 11 is 0. The topological polar surface area (TPSA) is 63.3 Å². The van der Waals surface area contributed by atoms with E-state index >= 15 is 0 Å². The number of aromatic nitrogens is 1. The molecule has 1 aromatic heterocycles. The van der Waals surface area contributed by atoms with Gasteiger partial charge in [0.15, 0.2) is 5.96 Å². The molecular formula is C11H15F3N4. The van der Waals surface area contributed by atoms with E-state index in [-0.39, 0.29) is 11.5 Å². The highest BCUT2D eigenvalue weighted by Gasteiger charge is 2.32. The molecule has 0 saturated heterocycles. The fourth-order valence-electron chi connectivity index (χ4n) is 1.17. The number of nitrogens with zero attached hydrogens (tertiary/aromatic N) is 2. The Hall–Kier alpha value is -1.79. The second-order valence-electron chi connectivity index (χ2n) is 4.72. The van der Waals surface area contributed by atoms with Crippen LogP contribution < -0.4 is 11.1 Å². The molecule has 0 fully saturated rings. The lowest BCUT2D eigenvalue weighted by Crippen LogP contribution is -2.27. The van der Waals surface area contributed by atoms with Gasteiger partial charge in [-0.25, -0.2) is 9.98 Å². The molecule has 0 radical (unpaired) electrons. The number of alkyl halides is 3. The summed E-state index contributed by atoms with van der Waals surface area (Å²) in [7, 11) is 0. The lowest BCUT2D eigenvalue weighted by Gasteiger charge is -2.14. The van der Waals surface area contributed by atoms with Gasteiger partial charge in [-0.15, -0.1) is 0 Å². The molecule has 0 atom stereocenters. The van der Waals surface area contributed by atoms with Gasteiger partial charge in [-0.3, -0.25) is 0 Å². The zero-order chi connectivity index (χ0) is 14.0. The van der Waals surface area contributed by atoms with E-state index in [0.717, 1.165) is 12.3 Å². The second kappa shape index (κ2) is 4.83. The molecule has 0 spiro atoms. The van der Waals surface area contributed by atoms with Crippen LogP contribution in [0.4, 0.5) is 18.9 Å². The van der Waals surface area contributed by atoms with Crippen LogP contribution in [0.3, 0.4) is 0 Å². The number of rotatable bonds is 1. The first-order valence-corrected chi connectivity index (χ1v) is 5.23. The van der Waals surface area contributed by atoms with Crippen molar-refractivity contribution >= 4 is 11.6 Å². The van der Waals surface area contributed by atoms with Gasteiger partial charge in [-0.2, -0.15) is 13.2 Å². The largest absolute Gasteiger partial charge is 0.433 e. The van der Waals surface area contributed by atoms with Gasteiger partial charge in [0.25, 0.3) is 0 Å². The van der Waals surface area contributed by atoms with Crippen molar-refractivity contribution in [1.82, 2.24) is 4.98 Å². The Kier molecular flexibility index (Phi) is 3.83. The average Bonchev–Trinajstić information content (AvgIpc) is 2.13. The SMILES string of the molecule is CC(C)(C)N=C(N)Nc1ccc(C(F)(F)F)nc1. The van der Waals surface area contributed by atoms with Gasteiger partial charge in [-0.05, 0) is 32.9 Å². The molecule has 100 valence electrons. The van der Waals surface area contributed by atoms with Crippen molar-refractivity contribution in [2.45, 2.75) is 32.5 Å². The van der Waals surface area contributed by atoms with Crippen molar-refractivity contribution in [3.05, 3.63) is 24.0 Å². The van der Waals surface area contributed by atoms with E-state index in [1.807, 2.05) is 20.8 Å². The second-order valence-corrected chi connectivity index (χ2v) is 4.72. The summed E-state index contributed by atoms with van der Waals surface area (Å²) in [6, 6.07) is 2.13. The molecule has 1 rings (SSSR count). The molecule has 0 unspecified atom stereocenters. The lowest BCUT2D eigenvalue weighted by atomic mass is 10.1. The molecular weight excluding hydrogens is 245 g/mol. The van der Waals surface area contributed by atoms with Crippen molar-refractivity contribution in [3.63, 3.8) is 0 Å². The molecule has 0 aliphatic heterocycles. The number of hydrogen-bond donors (Lipinski definition) is 2. The van der Waals surface area contributed by atoms with Crippen LogP contribution in [0.2, 0.25) is 0 Å². The standard InChI is InChI=1S/C11H15F3N4/c1-10(2,3)18-9(15)17-7-4-5-8(16-6-7)11(12,13)14/h4-6H,1-3H3,(H3,15,17,18). The Balaban J connectivity index is 2.79. The molecule has 18 heavy (non-hydrogen) atoms. The van der Waals surface area contributed by atoms with Gasteiger partial charge in [0.05, 0.1) is 17.4 Å². The summed E-state index contributed by atoms with van der Waals surface area (Å²) in [4.78, 5) is 7.41. The normalized spacial score (nSPS) is 13.6. The van der Waals surface area contributed by atoms with Crippen molar-refractivity contribution in [1.29, 1.82) is 0 Å². The summed E-state index contributed by atoms with van der Waals surface area (Å²) in [6.45, 7) is 5.56. The third-order valence-electron chi connectivity index (χ3n) is 1.78. The first kappa shape index (κ1) is 14.3. The molecule has 1 aromatic rings. The summed E-state index contributed by atoms with van der Waals surface area (Å²) in [5, 5.41) is 2.68. The van der Waals surface area contributed by atoms with Crippen molar-refractivity contribution in [2.24, 2.45) is 10.7 Å². The van der Waals surface area contributed by atoms with Gasteiger partial charge < -0.3 is 11.1 Å². The number of guanidine groups is 1. The molecule has 0 amide bonds. The molecule has 1 heterocycles. The molecule has 0 aromatic carbocycles. The van der Waals surface area contributed by atoms with Crippen LogP contribution in [0.25, 0.3) is 0 Å². The zero-order valence-electron chi connectivity index (χ0n) is 10.3. The van der Waals surface area contributed by atoms with Gasteiger partial charge in [0.2, 0.25) is 0 Å². The van der Waals surface area contributed by atoms with E-state index in [1.54, 1.807) is 0 Å². The number of hydrogen-bond acceptors (Lipinski definition) is 2. The Morgan fingerprint density at radius 3 is 2.28 bits per heavy atom. The molecule has 3 N–H and O–H groups in total. The quantitative estimate of drug-likeness (QED) is 0.602. The molecule has 0 aliphatic rings. The van der Waals surface area contributed by atoms with E-state index in [2.05, 4.69) is 15.3 Å². The van der Waals surface area contributed by atoms with Gasteiger partial charge in [-0.1, -0.05) is 0 Å². The lowest BCUT2D eigenvalue weighted by molar-refractivity contribution is -0.141. The summed E-state index contributed by atoms with van der Waals surface area (Å²) in [5.41, 5.74) is 4.65. The predicted molar refractivity (Wildman–Crippen MR) is 64.2 cm³/mol. The Labute approximate surface area is 103 Å².